The summed E-state index contributed by atoms with van der Waals surface area (Å²) in [7, 11) is -5.09. The van der Waals surface area contributed by atoms with Crippen LogP contribution in [0.2, 0.25) is 0 Å². The third-order valence-electron chi connectivity index (χ3n) is 5.55. The Labute approximate surface area is 175 Å². The molecule has 0 amide bonds. The van der Waals surface area contributed by atoms with Crippen molar-refractivity contribution in [2.24, 2.45) is 11.3 Å². The number of rotatable bonds is 2. The van der Waals surface area contributed by atoms with Crippen LogP contribution in [0, 0.1) is 11.3 Å². The molecular formula is C18H19NaO5S. The van der Waals surface area contributed by atoms with Gasteiger partial charge in [-0.15, -0.1) is 0 Å². The third-order valence-corrected chi connectivity index (χ3v) is 5.92. The van der Waals surface area contributed by atoms with Crippen molar-refractivity contribution in [2.75, 3.05) is 0 Å². The van der Waals surface area contributed by atoms with Gasteiger partial charge in [-0.25, -0.2) is 8.42 Å². The molecule has 128 valence electrons. The fraction of sp³-hybridized carbons (Fsp3) is 0.500. The Balaban J connectivity index is 0.00000240. The monoisotopic (exact) mass is 374 g/mol. The summed E-state index contributed by atoms with van der Waals surface area (Å²) in [4.78, 5) is 12.6. The number of benzene rings is 1. The van der Waals surface area contributed by atoms with Gasteiger partial charge in [-0.1, -0.05) is 18.6 Å². The molecule has 0 heterocycles. The van der Waals surface area contributed by atoms with Gasteiger partial charge in [-0.2, -0.15) is 0 Å². The summed E-state index contributed by atoms with van der Waals surface area (Å²) >= 11 is 0. The van der Waals surface area contributed by atoms with Crippen LogP contribution in [0.4, 0.5) is 0 Å². The summed E-state index contributed by atoms with van der Waals surface area (Å²) in [5.41, 5.74) is 2.33. The fourth-order valence-electron chi connectivity index (χ4n) is 4.30. The summed E-state index contributed by atoms with van der Waals surface area (Å²) < 4.78 is 69.5. The minimum atomic E-state index is -5.09. The Morgan fingerprint density at radius 2 is 2.16 bits per heavy atom. The van der Waals surface area contributed by atoms with Crippen molar-refractivity contribution in [1.82, 2.24) is 0 Å². The van der Waals surface area contributed by atoms with Crippen LogP contribution in [0.25, 0.3) is 5.57 Å². The maximum atomic E-state index is 12.6. The van der Waals surface area contributed by atoms with Gasteiger partial charge in [0.25, 0.3) is 10.4 Å². The zero-order chi connectivity index (χ0) is 20.6. The molecule has 0 spiro atoms. The topological polar surface area (TPSA) is 83.5 Å². The van der Waals surface area contributed by atoms with Crippen LogP contribution >= 0.6 is 0 Å². The summed E-state index contributed by atoms with van der Waals surface area (Å²) in [5.74, 6) is -1.13. The van der Waals surface area contributed by atoms with E-state index in [2.05, 4.69) is 4.18 Å². The standard InChI is InChI=1S/C18H20O5S.Na/c1-18-9-8-14-13-5-3-12(23-24(20,21)22)10-11(13)2-4-15(14)16(18)6-7-17(18)19;/h3,5,10,16H,2,4,6-9H2,1H3,(H,20,21,22);/q;+1/p-1/t16-,18-;/m1./s1/i3D,7D2,10D;. The SMILES string of the molecule is [2H]c1cc2c(c([2H])c1OS(=O)(=O)[O-])CCC1=C2CC[C@@]2(C)C(=O)C([2H])([2H])C[C@H]12.[Na+]. The van der Waals surface area contributed by atoms with Crippen molar-refractivity contribution in [3.63, 3.8) is 0 Å². The van der Waals surface area contributed by atoms with Gasteiger partial charge in [0.15, 0.2) is 0 Å². The minimum Gasteiger partial charge on any atom is -0.716 e. The van der Waals surface area contributed by atoms with Crippen LogP contribution in [0.1, 0.15) is 55.6 Å². The van der Waals surface area contributed by atoms with Crippen LogP contribution in [0.3, 0.4) is 0 Å². The fourth-order valence-corrected chi connectivity index (χ4v) is 4.60. The first-order valence-electron chi connectivity index (χ1n) is 9.91. The number of hydrogen-bond acceptors (Lipinski definition) is 5. The Kier molecular flexibility index (Phi) is 3.74. The summed E-state index contributed by atoms with van der Waals surface area (Å²) in [6, 6.07) is 0.777. The van der Waals surface area contributed by atoms with E-state index in [-0.39, 0.29) is 59.8 Å². The average molecular weight is 374 g/mol. The first-order chi connectivity index (χ1) is 12.8. The van der Waals surface area contributed by atoms with Crippen molar-refractivity contribution in [1.29, 1.82) is 0 Å². The quantitative estimate of drug-likeness (QED) is 0.414. The molecule has 1 saturated carbocycles. The van der Waals surface area contributed by atoms with E-state index in [1.165, 1.54) is 6.07 Å². The van der Waals surface area contributed by atoms with Crippen molar-refractivity contribution in [2.45, 2.75) is 45.4 Å². The van der Waals surface area contributed by atoms with Crippen LogP contribution in [0.15, 0.2) is 23.7 Å². The van der Waals surface area contributed by atoms with E-state index >= 15 is 0 Å². The first-order valence-corrected chi connectivity index (χ1v) is 9.24. The van der Waals surface area contributed by atoms with Gasteiger partial charge in [0.1, 0.15) is 11.5 Å². The first kappa shape index (κ1) is 14.4. The van der Waals surface area contributed by atoms with Crippen molar-refractivity contribution in [3.05, 3.63) is 34.9 Å². The van der Waals surface area contributed by atoms with E-state index in [0.717, 1.165) is 11.1 Å². The van der Waals surface area contributed by atoms with Gasteiger partial charge in [-0.3, -0.25) is 4.79 Å². The number of Topliss-reactive ketones (excluding diaryl/α,β-unsaturated/α-hetero) is 1. The molecule has 5 nitrogen and oxygen atoms in total. The molecule has 3 aliphatic rings. The van der Waals surface area contributed by atoms with Crippen LogP contribution in [-0.4, -0.2) is 18.8 Å². The Morgan fingerprint density at radius 1 is 1.40 bits per heavy atom. The number of carbonyl (C=O) groups is 1. The van der Waals surface area contributed by atoms with Gasteiger partial charge in [0, 0.05) is 14.5 Å². The van der Waals surface area contributed by atoms with Crippen LogP contribution < -0.4 is 33.7 Å². The van der Waals surface area contributed by atoms with Crippen molar-refractivity contribution >= 4 is 21.8 Å². The molecule has 0 N–H and O–H groups in total. The third kappa shape index (κ3) is 3.23. The molecule has 1 fully saturated rings. The van der Waals surface area contributed by atoms with Crippen molar-refractivity contribution in [3.8, 4) is 5.75 Å². The minimum absolute atomic E-state index is 0. The maximum Gasteiger partial charge on any atom is 1.00 e. The van der Waals surface area contributed by atoms with E-state index in [1.807, 2.05) is 6.92 Å². The maximum absolute atomic E-state index is 12.6. The second-order valence-corrected chi connectivity index (χ2v) is 7.79. The summed E-state index contributed by atoms with van der Waals surface area (Å²) in [5, 5.41) is 0. The summed E-state index contributed by atoms with van der Waals surface area (Å²) in [6.07, 6.45) is 0.195. The molecule has 0 aromatic heterocycles. The number of ketones is 1. The predicted octanol–water partition coefficient (Wildman–Crippen LogP) is 0.00860. The molecular weight excluding hydrogens is 351 g/mol. The van der Waals surface area contributed by atoms with Gasteiger partial charge in [-0.05, 0) is 66.8 Å². The van der Waals surface area contributed by atoms with E-state index in [4.69, 9.17) is 5.48 Å². The number of hydrogen-bond donors (Lipinski definition) is 0. The van der Waals surface area contributed by atoms with Gasteiger partial charge < -0.3 is 8.74 Å². The molecule has 3 aliphatic carbocycles. The van der Waals surface area contributed by atoms with Gasteiger partial charge >= 0.3 is 29.6 Å². The van der Waals surface area contributed by atoms with Crippen molar-refractivity contribution < 1.29 is 57.0 Å². The Bertz CT molecular complexity index is 1050. The molecule has 25 heavy (non-hydrogen) atoms. The normalized spacial score (nSPS) is 32.2. The molecule has 2 atom stereocenters. The second-order valence-electron chi connectivity index (χ2n) is 6.81. The molecule has 0 radical (unpaired) electrons. The molecule has 4 rings (SSSR count). The molecule has 0 saturated heterocycles. The average Bonchev–Trinajstić information content (AvgIpc) is 2.77. The Morgan fingerprint density at radius 3 is 2.88 bits per heavy atom. The number of fused-ring (bicyclic) bond motifs is 4. The second kappa shape index (κ2) is 6.50. The molecule has 7 heteroatoms. The molecule has 1 aromatic rings. The largest absolute Gasteiger partial charge is 1.00 e. The summed E-state index contributed by atoms with van der Waals surface area (Å²) in [6.45, 7) is 1.83. The molecule has 0 aliphatic heterocycles. The molecule has 0 unspecified atom stereocenters. The smallest absolute Gasteiger partial charge is 0.716 e. The van der Waals surface area contributed by atoms with Crippen LogP contribution in [0.5, 0.6) is 5.75 Å². The molecule has 0 bridgehead atoms. The predicted molar refractivity (Wildman–Crippen MR) is 87.1 cm³/mol. The van der Waals surface area contributed by atoms with E-state index in [1.54, 1.807) is 0 Å². The molecule has 1 aromatic carbocycles. The van der Waals surface area contributed by atoms with Crippen LogP contribution in [-0.2, 0) is 21.6 Å². The Hall–Kier alpha value is -0.660. The van der Waals surface area contributed by atoms with Gasteiger partial charge in [0.05, 0.1) is 2.74 Å². The number of carbonyl (C=O) groups excluding carboxylic acids is 1. The van der Waals surface area contributed by atoms with E-state index in [9.17, 15) is 17.8 Å². The zero-order valence-electron chi connectivity index (χ0n) is 18.1. The van der Waals surface area contributed by atoms with Gasteiger partial charge in [0.2, 0.25) is 0 Å². The number of allylic oxidation sites excluding steroid dienone is 2. The van der Waals surface area contributed by atoms with E-state index < -0.39 is 27.9 Å². The van der Waals surface area contributed by atoms with E-state index in [0.29, 0.717) is 36.8 Å². The zero-order valence-corrected chi connectivity index (χ0v) is 17.0.